The quantitative estimate of drug-likeness (QED) is 0.900. The molecule has 0 saturated carbocycles. The number of benzene rings is 1. The lowest BCUT2D eigenvalue weighted by Crippen LogP contribution is -2.41. The minimum absolute atomic E-state index is 0.163. The number of likely N-dealkylation sites (tertiary alicyclic amines) is 1. The number of hydrogen-bond acceptors (Lipinski definition) is 3. The summed E-state index contributed by atoms with van der Waals surface area (Å²) in [6, 6.07) is 6.36. The van der Waals surface area contributed by atoms with E-state index in [9.17, 15) is 5.11 Å². The summed E-state index contributed by atoms with van der Waals surface area (Å²) in [5.41, 5.74) is 2.63. The van der Waals surface area contributed by atoms with Gasteiger partial charge in [-0.3, -0.25) is 10.00 Å². The smallest absolute Gasteiger partial charge is 0.0695 e. The molecule has 4 nitrogen and oxygen atoms in total. The van der Waals surface area contributed by atoms with Crippen LogP contribution in [0.3, 0.4) is 0 Å². The largest absolute Gasteiger partial charge is 0.396 e. The lowest BCUT2D eigenvalue weighted by molar-refractivity contribution is 0.0383. The third kappa shape index (κ3) is 2.45. The third-order valence-corrected chi connectivity index (χ3v) is 4.96. The maximum atomic E-state index is 9.60. The zero-order valence-electron chi connectivity index (χ0n) is 12.1. The van der Waals surface area contributed by atoms with Crippen LogP contribution in [-0.2, 0) is 6.54 Å². The van der Waals surface area contributed by atoms with E-state index in [0.717, 1.165) is 44.4 Å². The molecule has 0 amide bonds. The maximum absolute atomic E-state index is 9.60. The van der Waals surface area contributed by atoms with Crippen molar-refractivity contribution >= 4 is 10.9 Å². The highest BCUT2D eigenvalue weighted by atomic mass is 16.3. The van der Waals surface area contributed by atoms with Crippen molar-refractivity contribution < 1.29 is 5.11 Å². The molecule has 1 aromatic heterocycles. The number of H-pyrrole nitrogens is 1. The number of aromatic nitrogens is 2. The molecule has 1 aromatic carbocycles. The average Bonchev–Trinajstić information content (AvgIpc) is 2.98. The van der Waals surface area contributed by atoms with Crippen LogP contribution in [0.4, 0.5) is 0 Å². The van der Waals surface area contributed by atoms with Crippen LogP contribution >= 0.6 is 0 Å². The summed E-state index contributed by atoms with van der Waals surface area (Å²) in [6.45, 7) is 5.62. The van der Waals surface area contributed by atoms with Crippen LogP contribution in [0.25, 0.3) is 10.9 Å². The molecule has 0 aliphatic carbocycles. The summed E-state index contributed by atoms with van der Waals surface area (Å²) < 4.78 is 0. The Hall–Kier alpha value is -1.39. The van der Waals surface area contributed by atoms with E-state index in [4.69, 9.17) is 0 Å². The molecule has 0 bridgehead atoms. The van der Waals surface area contributed by atoms with Gasteiger partial charge in [0.15, 0.2) is 0 Å². The Morgan fingerprint density at radius 1 is 1.35 bits per heavy atom. The van der Waals surface area contributed by atoms with E-state index in [0.29, 0.717) is 6.61 Å². The fourth-order valence-electron chi connectivity index (χ4n) is 3.21. The standard InChI is InChI=1S/C16H23N3O/c1-2-16(12-20)6-8-19(9-7-16)11-14-5-3-4-13-10-17-18-15(13)14/h3-5,10,20H,2,6-9,11-12H2,1H3,(H,17,18). The van der Waals surface area contributed by atoms with Crippen molar-refractivity contribution in [2.45, 2.75) is 32.7 Å². The van der Waals surface area contributed by atoms with Gasteiger partial charge >= 0.3 is 0 Å². The summed E-state index contributed by atoms with van der Waals surface area (Å²) in [5, 5.41) is 18.0. The van der Waals surface area contributed by atoms with Crippen LogP contribution in [0.2, 0.25) is 0 Å². The number of aliphatic hydroxyl groups is 1. The van der Waals surface area contributed by atoms with Gasteiger partial charge in [-0.25, -0.2) is 0 Å². The highest BCUT2D eigenvalue weighted by Gasteiger charge is 2.32. The van der Waals surface area contributed by atoms with Crippen LogP contribution in [-0.4, -0.2) is 39.9 Å². The molecular weight excluding hydrogens is 250 g/mol. The molecule has 108 valence electrons. The SMILES string of the molecule is CCC1(CO)CCN(Cc2cccc3cn[nH]c23)CC1. The van der Waals surface area contributed by atoms with Crippen molar-refractivity contribution in [1.82, 2.24) is 15.1 Å². The molecule has 1 aliphatic heterocycles. The zero-order valence-corrected chi connectivity index (χ0v) is 12.1. The first-order valence-electron chi connectivity index (χ1n) is 7.50. The molecule has 2 N–H and O–H groups in total. The molecule has 2 heterocycles. The highest BCUT2D eigenvalue weighted by Crippen LogP contribution is 2.34. The molecule has 2 aromatic rings. The molecule has 0 radical (unpaired) electrons. The van der Waals surface area contributed by atoms with Crippen LogP contribution < -0.4 is 0 Å². The topological polar surface area (TPSA) is 52.1 Å². The first-order chi connectivity index (χ1) is 9.76. The first kappa shape index (κ1) is 13.6. The van der Waals surface area contributed by atoms with E-state index in [1.807, 2.05) is 6.20 Å². The molecule has 3 rings (SSSR count). The molecule has 0 atom stereocenters. The monoisotopic (exact) mass is 273 g/mol. The second-order valence-corrected chi connectivity index (χ2v) is 6.04. The fraction of sp³-hybridized carbons (Fsp3) is 0.562. The number of piperidine rings is 1. The Morgan fingerprint density at radius 3 is 2.85 bits per heavy atom. The Balaban J connectivity index is 1.69. The van der Waals surface area contributed by atoms with Crippen molar-refractivity contribution in [2.24, 2.45) is 5.41 Å². The van der Waals surface area contributed by atoms with E-state index in [1.165, 1.54) is 10.9 Å². The predicted molar refractivity (Wildman–Crippen MR) is 80.4 cm³/mol. The number of para-hydroxylation sites is 1. The molecule has 0 unspecified atom stereocenters. The van der Waals surface area contributed by atoms with E-state index in [1.54, 1.807) is 0 Å². The van der Waals surface area contributed by atoms with Gasteiger partial charge in [0.25, 0.3) is 0 Å². The van der Waals surface area contributed by atoms with Crippen molar-refractivity contribution in [3.05, 3.63) is 30.0 Å². The molecule has 4 heteroatoms. The van der Waals surface area contributed by atoms with Crippen molar-refractivity contribution in [3.8, 4) is 0 Å². The van der Waals surface area contributed by atoms with Gasteiger partial charge in [0, 0.05) is 18.5 Å². The van der Waals surface area contributed by atoms with Crippen LogP contribution in [0.5, 0.6) is 0 Å². The second-order valence-electron chi connectivity index (χ2n) is 6.04. The average molecular weight is 273 g/mol. The fourth-order valence-corrected chi connectivity index (χ4v) is 3.21. The molecule has 1 aliphatic rings. The molecule has 20 heavy (non-hydrogen) atoms. The summed E-state index contributed by atoms with van der Waals surface area (Å²) in [6.07, 6.45) is 5.15. The Bertz CT molecular complexity index is 564. The highest BCUT2D eigenvalue weighted by molar-refractivity contribution is 5.81. The summed E-state index contributed by atoms with van der Waals surface area (Å²) in [7, 11) is 0. The maximum Gasteiger partial charge on any atom is 0.0695 e. The molecule has 1 fully saturated rings. The Labute approximate surface area is 119 Å². The second kappa shape index (κ2) is 5.54. The lowest BCUT2D eigenvalue weighted by atomic mass is 9.77. The van der Waals surface area contributed by atoms with Crippen LogP contribution in [0, 0.1) is 5.41 Å². The number of fused-ring (bicyclic) bond motifs is 1. The van der Waals surface area contributed by atoms with Gasteiger partial charge in [0.2, 0.25) is 0 Å². The van der Waals surface area contributed by atoms with Crippen molar-refractivity contribution in [3.63, 3.8) is 0 Å². The minimum Gasteiger partial charge on any atom is -0.396 e. The Morgan fingerprint density at radius 2 is 2.15 bits per heavy atom. The van der Waals surface area contributed by atoms with Crippen molar-refractivity contribution in [1.29, 1.82) is 0 Å². The first-order valence-corrected chi connectivity index (χ1v) is 7.50. The predicted octanol–water partition coefficient (Wildman–Crippen LogP) is 2.55. The number of hydrogen-bond donors (Lipinski definition) is 2. The van der Waals surface area contributed by atoms with Gasteiger partial charge in [0.1, 0.15) is 0 Å². The van der Waals surface area contributed by atoms with Gasteiger partial charge < -0.3 is 5.11 Å². The van der Waals surface area contributed by atoms with Gasteiger partial charge in [-0.1, -0.05) is 25.1 Å². The summed E-state index contributed by atoms with van der Waals surface area (Å²) >= 11 is 0. The number of rotatable bonds is 4. The van der Waals surface area contributed by atoms with E-state index >= 15 is 0 Å². The third-order valence-electron chi connectivity index (χ3n) is 4.96. The van der Waals surface area contributed by atoms with Gasteiger partial charge in [-0.05, 0) is 43.3 Å². The normalized spacial score (nSPS) is 19.5. The summed E-state index contributed by atoms with van der Waals surface area (Å²) in [4.78, 5) is 2.49. The molecule has 1 saturated heterocycles. The summed E-state index contributed by atoms with van der Waals surface area (Å²) in [5.74, 6) is 0. The van der Waals surface area contributed by atoms with E-state index in [-0.39, 0.29) is 5.41 Å². The number of aliphatic hydroxyl groups excluding tert-OH is 1. The minimum atomic E-state index is 0.163. The van der Waals surface area contributed by atoms with Crippen LogP contribution in [0.15, 0.2) is 24.4 Å². The zero-order chi connectivity index (χ0) is 14.0. The van der Waals surface area contributed by atoms with Gasteiger partial charge in [-0.15, -0.1) is 0 Å². The number of aromatic amines is 1. The molecule has 0 spiro atoms. The molecular formula is C16H23N3O. The Kier molecular flexibility index (Phi) is 3.76. The van der Waals surface area contributed by atoms with Crippen molar-refractivity contribution in [2.75, 3.05) is 19.7 Å². The van der Waals surface area contributed by atoms with Gasteiger partial charge in [-0.2, -0.15) is 5.10 Å². The van der Waals surface area contributed by atoms with E-state index in [2.05, 4.69) is 40.2 Å². The number of nitrogens with zero attached hydrogens (tertiary/aromatic N) is 2. The lowest BCUT2D eigenvalue weighted by Gasteiger charge is -2.40. The van der Waals surface area contributed by atoms with E-state index < -0.39 is 0 Å². The van der Waals surface area contributed by atoms with Gasteiger partial charge in [0.05, 0.1) is 11.7 Å². The van der Waals surface area contributed by atoms with Crippen LogP contribution in [0.1, 0.15) is 31.7 Å². The number of nitrogens with one attached hydrogen (secondary N) is 1.